The second kappa shape index (κ2) is 3.03. The molecule has 0 aromatic heterocycles. The first-order chi connectivity index (χ1) is 7.79. The molecule has 0 unspecified atom stereocenters. The minimum absolute atomic E-state index is 0.0414. The highest BCUT2D eigenvalue weighted by molar-refractivity contribution is 5.92. The van der Waals surface area contributed by atoms with E-state index < -0.39 is 6.10 Å². The quantitative estimate of drug-likeness (QED) is 0.699. The van der Waals surface area contributed by atoms with Crippen LogP contribution < -0.4 is 0 Å². The van der Waals surface area contributed by atoms with E-state index in [2.05, 4.69) is 27.7 Å². The Hall–Kier alpha value is -0.630. The molecule has 2 saturated carbocycles. The van der Waals surface area contributed by atoms with E-state index in [9.17, 15) is 9.90 Å². The van der Waals surface area contributed by atoms with Crippen LogP contribution in [0.25, 0.3) is 0 Å². The number of hydrogen-bond acceptors (Lipinski definition) is 2. The normalized spacial score (nSPS) is 51.4. The van der Waals surface area contributed by atoms with Crippen molar-refractivity contribution in [2.45, 2.75) is 46.6 Å². The van der Waals surface area contributed by atoms with Crippen LogP contribution in [0.3, 0.4) is 0 Å². The first-order valence-electron chi connectivity index (χ1n) is 6.72. The van der Waals surface area contributed by atoms with Gasteiger partial charge in [0.2, 0.25) is 0 Å². The first-order valence-corrected chi connectivity index (χ1v) is 6.72. The third kappa shape index (κ3) is 1.22. The molecule has 0 aromatic rings. The fourth-order valence-electron chi connectivity index (χ4n) is 4.87. The van der Waals surface area contributed by atoms with Crippen LogP contribution in [-0.2, 0) is 4.79 Å². The average Bonchev–Trinajstić information content (AvgIpc) is 2.74. The molecule has 3 aliphatic carbocycles. The smallest absolute Gasteiger partial charge is 0.156 e. The Kier molecular flexibility index (Phi) is 2.04. The lowest BCUT2D eigenvalue weighted by Gasteiger charge is -2.46. The van der Waals surface area contributed by atoms with Crippen LogP contribution in [0.4, 0.5) is 0 Å². The summed E-state index contributed by atoms with van der Waals surface area (Å²) in [6.45, 7) is 9.07. The molecular weight excluding hydrogens is 212 g/mol. The number of allylic oxidation sites excluding steroid dienone is 1. The van der Waals surface area contributed by atoms with Crippen molar-refractivity contribution in [1.82, 2.24) is 0 Å². The minimum Gasteiger partial charge on any atom is -0.389 e. The third-order valence-electron chi connectivity index (χ3n) is 6.00. The van der Waals surface area contributed by atoms with Crippen LogP contribution in [-0.4, -0.2) is 17.0 Å². The van der Waals surface area contributed by atoms with Gasteiger partial charge in [0.25, 0.3) is 0 Å². The van der Waals surface area contributed by atoms with Crippen LogP contribution in [0.5, 0.6) is 0 Å². The fourth-order valence-corrected chi connectivity index (χ4v) is 4.87. The van der Waals surface area contributed by atoms with Gasteiger partial charge in [-0.25, -0.2) is 0 Å². The first kappa shape index (κ1) is 11.5. The standard InChI is InChI=1S/C15H22O2/c1-8-5-9(16)6-10-12(17)7-11-13(14(11,2)3)15(8,10)4/h6,8,11-13,17H,5,7H2,1-4H3/t8-,11-,12-,13+,15+/m0/s1. The van der Waals surface area contributed by atoms with Crippen molar-refractivity contribution < 1.29 is 9.90 Å². The summed E-state index contributed by atoms with van der Waals surface area (Å²) in [6, 6.07) is 0. The Morgan fingerprint density at radius 3 is 2.65 bits per heavy atom. The SMILES string of the molecule is C[C@H]1CC(=O)C=C2[C@@H](O)C[C@H]3[C@H](C3(C)C)[C@@]21C. The molecule has 2 heteroatoms. The number of carbonyl (C=O) groups is 1. The molecule has 0 radical (unpaired) electrons. The van der Waals surface area contributed by atoms with E-state index in [1.807, 2.05) is 0 Å². The Balaban J connectivity index is 2.11. The molecule has 0 aliphatic heterocycles. The predicted octanol–water partition coefficient (Wildman–Crippen LogP) is 2.56. The Morgan fingerprint density at radius 2 is 2.00 bits per heavy atom. The Bertz CT molecular complexity index is 421. The number of fused-ring (bicyclic) bond motifs is 3. The fraction of sp³-hybridized carbons (Fsp3) is 0.800. The van der Waals surface area contributed by atoms with Gasteiger partial charge in [-0.2, -0.15) is 0 Å². The number of hydrogen-bond donors (Lipinski definition) is 1. The molecule has 3 aliphatic rings. The van der Waals surface area contributed by atoms with Crippen LogP contribution in [0, 0.1) is 28.6 Å². The van der Waals surface area contributed by atoms with Gasteiger partial charge in [0.1, 0.15) is 0 Å². The highest BCUT2D eigenvalue weighted by Gasteiger charge is 2.70. The lowest BCUT2D eigenvalue weighted by Crippen LogP contribution is -2.43. The summed E-state index contributed by atoms with van der Waals surface area (Å²) < 4.78 is 0. The third-order valence-corrected chi connectivity index (χ3v) is 6.00. The van der Waals surface area contributed by atoms with Gasteiger partial charge in [-0.1, -0.05) is 27.7 Å². The summed E-state index contributed by atoms with van der Waals surface area (Å²) >= 11 is 0. The van der Waals surface area contributed by atoms with Gasteiger partial charge < -0.3 is 5.11 Å². The van der Waals surface area contributed by atoms with Crippen molar-refractivity contribution in [1.29, 1.82) is 0 Å². The molecule has 0 spiro atoms. The molecule has 1 N–H and O–H groups in total. The molecule has 0 bridgehead atoms. The number of aliphatic hydroxyl groups excluding tert-OH is 1. The zero-order chi connectivity index (χ0) is 12.6. The summed E-state index contributed by atoms with van der Waals surface area (Å²) in [6.07, 6.45) is 2.84. The maximum Gasteiger partial charge on any atom is 0.156 e. The van der Waals surface area contributed by atoms with Crippen molar-refractivity contribution in [3.8, 4) is 0 Å². The van der Waals surface area contributed by atoms with Gasteiger partial charge >= 0.3 is 0 Å². The van der Waals surface area contributed by atoms with E-state index in [0.29, 0.717) is 29.6 Å². The molecule has 0 saturated heterocycles. The lowest BCUT2D eigenvalue weighted by molar-refractivity contribution is -0.117. The Morgan fingerprint density at radius 1 is 1.35 bits per heavy atom. The Labute approximate surface area is 103 Å². The van der Waals surface area contributed by atoms with Crippen molar-refractivity contribution in [3.63, 3.8) is 0 Å². The number of rotatable bonds is 0. The second-order valence-corrected chi connectivity index (χ2v) is 7.11. The van der Waals surface area contributed by atoms with Gasteiger partial charge in [0.05, 0.1) is 6.10 Å². The van der Waals surface area contributed by atoms with Crippen LogP contribution in [0.1, 0.15) is 40.5 Å². The highest BCUT2D eigenvalue weighted by atomic mass is 16.3. The van der Waals surface area contributed by atoms with Crippen molar-refractivity contribution in [2.24, 2.45) is 28.6 Å². The van der Waals surface area contributed by atoms with E-state index in [0.717, 1.165) is 12.0 Å². The number of ketones is 1. The lowest BCUT2D eigenvalue weighted by atomic mass is 9.59. The van der Waals surface area contributed by atoms with Crippen molar-refractivity contribution >= 4 is 5.78 Å². The molecular formula is C15H22O2. The topological polar surface area (TPSA) is 37.3 Å². The summed E-state index contributed by atoms with van der Waals surface area (Å²) in [5, 5.41) is 10.3. The van der Waals surface area contributed by atoms with Gasteiger partial charge in [-0.3, -0.25) is 4.79 Å². The van der Waals surface area contributed by atoms with Crippen LogP contribution in [0.2, 0.25) is 0 Å². The van der Waals surface area contributed by atoms with E-state index in [1.54, 1.807) is 6.08 Å². The molecule has 2 nitrogen and oxygen atoms in total. The molecule has 17 heavy (non-hydrogen) atoms. The van der Waals surface area contributed by atoms with E-state index >= 15 is 0 Å². The van der Waals surface area contributed by atoms with Gasteiger partial charge in [-0.15, -0.1) is 0 Å². The van der Waals surface area contributed by atoms with E-state index in [4.69, 9.17) is 0 Å². The minimum atomic E-state index is -0.394. The summed E-state index contributed by atoms with van der Waals surface area (Å²) in [5.41, 5.74) is 1.40. The van der Waals surface area contributed by atoms with Gasteiger partial charge in [0, 0.05) is 6.42 Å². The number of aliphatic hydroxyl groups is 1. The highest BCUT2D eigenvalue weighted by Crippen LogP contribution is 2.74. The molecule has 0 heterocycles. The maximum absolute atomic E-state index is 11.7. The molecule has 0 aromatic carbocycles. The maximum atomic E-state index is 11.7. The zero-order valence-corrected chi connectivity index (χ0v) is 11.2. The van der Waals surface area contributed by atoms with E-state index in [1.165, 1.54) is 0 Å². The molecule has 3 rings (SSSR count). The van der Waals surface area contributed by atoms with Crippen LogP contribution >= 0.6 is 0 Å². The van der Waals surface area contributed by atoms with Crippen molar-refractivity contribution in [3.05, 3.63) is 11.6 Å². The van der Waals surface area contributed by atoms with Crippen molar-refractivity contribution in [2.75, 3.05) is 0 Å². The second-order valence-electron chi connectivity index (χ2n) is 7.11. The molecule has 94 valence electrons. The zero-order valence-electron chi connectivity index (χ0n) is 11.2. The van der Waals surface area contributed by atoms with Gasteiger partial charge in [0.15, 0.2) is 5.78 Å². The summed E-state index contributed by atoms with van der Waals surface area (Å²) in [4.78, 5) is 11.7. The predicted molar refractivity (Wildman–Crippen MR) is 66.4 cm³/mol. The number of carbonyl (C=O) groups excluding carboxylic acids is 1. The largest absolute Gasteiger partial charge is 0.389 e. The monoisotopic (exact) mass is 234 g/mol. The van der Waals surface area contributed by atoms with Crippen LogP contribution in [0.15, 0.2) is 11.6 Å². The van der Waals surface area contributed by atoms with Gasteiger partial charge in [-0.05, 0) is 46.7 Å². The molecule has 0 amide bonds. The summed E-state index contributed by atoms with van der Waals surface area (Å²) in [5.74, 6) is 1.84. The van der Waals surface area contributed by atoms with E-state index in [-0.39, 0.29) is 11.2 Å². The average molecular weight is 234 g/mol. The molecule has 5 atom stereocenters. The summed E-state index contributed by atoms with van der Waals surface area (Å²) in [7, 11) is 0. The molecule has 2 fully saturated rings.